The lowest BCUT2D eigenvalue weighted by molar-refractivity contribution is -0.114. The highest BCUT2D eigenvalue weighted by molar-refractivity contribution is 5.99. The van der Waals surface area contributed by atoms with Gasteiger partial charge in [-0.3, -0.25) is 4.79 Å². The fourth-order valence-corrected chi connectivity index (χ4v) is 1.52. The molecule has 0 saturated heterocycles. The van der Waals surface area contributed by atoms with Gasteiger partial charge in [-0.2, -0.15) is 0 Å². The number of amides is 1. The Balaban J connectivity index is 2.33. The molecule has 3 heteroatoms. The van der Waals surface area contributed by atoms with Crippen molar-refractivity contribution in [1.82, 2.24) is 5.32 Å². The van der Waals surface area contributed by atoms with Crippen molar-refractivity contribution in [3.05, 3.63) is 11.3 Å². The molecule has 0 aromatic rings. The third kappa shape index (κ3) is 1.06. The first-order valence-corrected chi connectivity index (χ1v) is 3.90. The zero-order chi connectivity index (χ0) is 7.68. The molecule has 0 fully saturated rings. The first-order chi connectivity index (χ1) is 5.38. The Morgan fingerprint density at radius 3 is 3.27 bits per heavy atom. The maximum absolute atomic E-state index is 11.2. The smallest absolute Gasteiger partial charge is 0.292 e. The van der Waals surface area contributed by atoms with Crippen LogP contribution in [0.4, 0.5) is 0 Å². The number of carbonyl (C=O) groups excluding carboxylic acids is 1. The molecule has 0 radical (unpaired) electrons. The number of nitrogens with one attached hydrogen (secondary N) is 1. The van der Waals surface area contributed by atoms with Gasteiger partial charge >= 0.3 is 0 Å². The van der Waals surface area contributed by atoms with E-state index in [9.17, 15) is 4.79 Å². The largest absolute Gasteiger partial charge is 0.380 e. The lowest BCUT2D eigenvalue weighted by Crippen LogP contribution is -2.14. The van der Waals surface area contributed by atoms with Crippen molar-refractivity contribution in [3.63, 3.8) is 0 Å². The molecule has 0 unspecified atom stereocenters. The Hall–Kier alpha value is -1.12. The molecule has 2 aliphatic rings. The van der Waals surface area contributed by atoms with Gasteiger partial charge < -0.3 is 5.32 Å². The molecule has 0 aliphatic carbocycles. The van der Waals surface area contributed by atoms with E-state index in [1.165, 1.54) is 5.57 Å². The van der Waals surface area contributed by atoms with Gasteiger partial charge in [0.25, 0.3) is 5.91 Å². The molecular weight excluding hydrogens is 140 g/mol. The van der Waals surface area contributed by atoms with Gasteiger partial charge in [0.1, 0.15) is 5.70 Å². The first kappa shape index (κ1) is 6.58. The number of rotatable bonds is 0. The molecule has 2 aliphatic heterocycles. The van der Waals surface area contributed by atoms with E-state index in [4.69, 9.17) is 0 Å². The highest BCUT2D eigenvalue weighted by atomic mass is 16.1. The van der Waals surface area contributed by atoms with Crippen LogP contribution in [0.5, 0.6) is 0 Å². The van der Waals surface area contributed by atoms with E-state index in [1.807, 2.05) is 0 Å². The Labute approximate surface area is 65.2 Å². The average Bonchev–Trinajstić information content (AvgIpc) is 2.40. The second kappa shape index (κ2) is 2.49. The second-order valence-corrected chi connectivity index (χ2v) is 2.81. The number of nitrogens with zero attached hydrogens (tertiary/aromatic N) is 1. The van der Waals surface area contributed by atoms with Gasteiger partial charge in [-0.1, -0.05) is 0 Å². The van der Waals surface area contributed by atoms with E-state index in [0.29, 0.717) is 0 Å². The zero-order valence-electron chi connectivity index (χ0n) is 6.26. The molecule has 2 rings (SSSR count). The number of aliphatic imine (C=N–C) groups is 1. The van der Waals surface area contributed by atoms with E-state index in [2.05, 4.69) is 10.3 Å². The van der Waals surface area contributed by atoms with Crippen molar-refractivity contribution in [2.45, 2.75) is 19.3 Å². The Bertz CT molecular complexity index is 253. The van der Waals surface area contributed by atoms with Gasteiger partial charge in [-0.25, -0.2) is 4.99 Å². The van der Waals surface area contributed by atoms with Gasteiger partial charge in [0, 0.05) is 12.8 Å². The van der Waals surface area contributed by atoms with Crippen LogP contribution < -0.4 is 5.32 Å². The van der Waals surface area contributed by atoms with Gasteiger partial charge in [0.05, 0.1) is 0 Å². The lowest BCUT2D eigenvalue weighted by atomic mass is 10.1. The summed E-state index contributed by atoms with van der Waals surface area (Å²) >= 11 is 0. The van der Waals surface area contributed by atoms with E-state index in [-0.39, 0.29) is 5.91 Å². The molecule has 11 heavy (non-hydrogen) atoms. The molecule has 58 valence electrons. The molecule has 1 N–H and O–H groups in total. The van der Waals surface area contributed by atoms with Crippen LogP contribution in [0.2, 0.25) is 0 Å². The summed E-state index contributed by atoms with van der Waals surface area (Å²) < 4.78 is 0. The predicted molar refractivity (Wildman–Crippen MR) is 42.4 cm³/mol. The molecule has 0 bridgehead atoms. The standard InChI is InChI=1S/C8H10N2O/c11-8-7-6(3-5-9-7)2-1-4-10-8/h4,9H,1-3,5H2. The van der Waals surface area contributed by atoms with Gasteiger partial charge in [-0.15, -0.1) is 0 Å². The summed E-state index contributed by atoms with van der Waals surface area (Å²) in [6.07, 6.45) is 4.64. The fraction of sp³-hybridized carbons (Fsp3) is 0.500. The quantitative estimate of drug-likeness (QED) is 0.550. The molecule has 0 atom stereocenters. The van der Waals surface area contributed by atoms with Gasteiger partial charge in [0.2, 0.25) is 0 Å². The van der Waals surface area contributed by atoms with Crippen molar-refractivity contribution >= 4 is 12.1 Å². The summed E-state index contributed by atoms with van der Waals surface area (Å²) in [6, 6.07) is 0. The maximum Gasteiger partial charge on any atom is 0.292 e. The van der Waals surface area contributed by atoms with Crippen molar-refractivity contribution in [1.29, 1.82) is 0 Å². The predicted octanol–water partition coefficient (Wildman–Crippen LogP) is 0.625. The van der Waals surface area contributed by atoms with Crippen molar-refractivity contribution in [2.24, 2.45) is 4.99 Å². The van der Waals surface area contributed by atoms with Crippen LogP contribution in [0.1, 0.15) is 19.3 Å². The minimum Gasteiger partial charge on any atom is -0.380 e. The summed E-state index contributed by atoms with van der Waals surface area (Å²) in [5.41, 5.74) is 2.02. The molecule has 2 heterocycles. The summed E-state index contributed by atoms with van der Waals surface area (Å²) in [7, 11) is 0. The molecule has 0 saturated carbocycles. The minimum absolute atomic E-state index is 0.0880. The van der Waals surface area contributed by atoms with Crippen molar-refractivity contribution in [3.8, 4) is 0 Å². The summed E-state index contributed by atoms with van der Waals surface area (Å²) in [5.74, 6) is -0.0880. The number of carbonyl (C=O) groups is 1. The third-order valence-corrected chi connectivity index (χ3v) is 2.08. The molecule has 3 nitrogen and oxygen atoms in total. The van der Waals surface area contributed by atoms with Gasteiger partial charge in [0.15, 0.2) is 0 Å². The normalized spacial score (nSPS) is 23.1. The zero-order valence-corrected chi connectivity index (χ0v) is 6.26. The minimum atomic E-state index is -0.0880. The second-order valence-electron chi connectivity index (χ2n) is 2.81. The van der Waals surface area contributed by atoms with Crippen LogP contribution in [-0.4, -0.2) is 18.7 Å². The Kier molecular flexibility index (Phi) is 1.49. The van der Waals surface area contributed by atoms with Gasteiger partial charge in [-0.05, 0) is 24.8 Å². The van der Waals surface area contributed by atoms with E-state index >= 15 is 0 Å². The summed E-state index contributed by atoms with van der Waals surface area (Å²) in [5, 5.41) is 3.06. The molecule has 1 amide bonds. The molecular formula is C8H10N2O. The fourth-order valence-electron chi connectivity index (χ4n) is 1.52. The topological polar surface area (TPSA) is 41.5 Å². The van der Waals surface area contributed by atoms with Crippen LogP contribution in [0.15, 0.2) is 16.3 Å². The molecule has 0 aromatic carbocycles. The van der Waals surface area contributed by atoms with E-state index in [1.54, 1.807) is 6.21 Å². The van der Waals surface area contributed by atoms with Crippen molar-refractivity contribution < 1.29 is 4.79 Å². The maximum atomic E-state index is 11.2. The van der Waals surface area contributed by atoms with Crippen LogP contribution >= 0.6 is 0 Å². The summed E-state index contributed by atoms with van der Waals surface area (Å²) in [4.78, 5) is 15.0. The lowest BCUT2D eigenvalue weighted by Gasteiger charge is -1.97. The Morgan fingerprint density at radius 1 is 1.45 bits per heavy atom. The highest BCUT2D eigenvalue weighted by Gasteiger charge is 2.20. The van der Waals surface area contributed by atoms with E-state index < -0.39 is 0 Å². The van der Waals surface area contributed by atoms with Crippen molar-refractivity contribution in [2.75, 3.05) is 6.54 Å². The van der Waals surface area contributed by atoms with E-state index in [0.717, 1.165) is 31.5 Å². The molecule has 0 spiro atoms. The molecule has 0 aromatic heterocycles. The third-order valence-electron chi connectivity index (χ3n) is 2.08. The number of hydrogen-bond acceptors (Lipinski definition) is 2. The highest BCUT2D eigenvalue weighted by Crippen LogP contribution is 2.21. The first-order valence-electron chi connectivity index (χ1n) is 3.90. The van der Waals surface area contributed by atoms with Crippen LogP contribution in [0.25, 0.3) is 0 Å². The summed E-state index contributed by atoms with van der Waals surface area (Å²) in [6.45, 7) is 0.909. The van der Waals surface area contributed by atoms with Crippen LogP contribution in [-0.2, 0) is 4.79 Å². The van der Waals surface area contributed by atoms with Crippen LogP contribution in [0.3, 0.4) is 0 Å². The Morgan fingerprint density at radius 2 is 2.36 bits per heavy atom. The number of hydrogen-bond donors (Lipinski definition) is 1. The monoisotopic (exact) mass is 150 g/mol. The SMILES string of the molecule is O=C1N=CCCC2=C1NCC2. The average molecular weight is 150 g/mol. The van der Waals surface area contributed by atoms with Crippen LogP contribution in [0, 0.1) is 0 Å².